The molecule has 7 nitrogen and oxygen atoms in total. The zero-order valence-corrected chi connectivity index (χ0v) is 13.6. The van der Waals surface area contributed by atoms with Gasteiger partial charge >= 0.3 is 0 Å². The molecule has 1 amide bonds. The minimum Gasteiger partial charge on any atom is -0.502 e. The van der Waals surface area contributed by atoms with E-state index in [4.69, 9.17) is 0 Å². The van der Waals surface area contributed by atoms with Gasteiger partial charge in [0.15, 0.2) is 11.4 Å². The highest BCUT2D eigenvalue weighted by atomic mass is 16.3. The maximum Gasteiger partial charge on any atom is 0.273 e. The van der Waals surface area contributed by atoms with Crippen molar-refractivity contribution in [3.05, 3.63) is 58.0 Å². The van der Waals surface area contributed by atoms with E-state index in [0.29, 0.717) is 0 Å². The third-order valence-electron chi connectivity index (χ3n) is 4.29. The summed E-state index contributed by atoms with van der Waals surface area (Å²) < 4.78 is 1.42. The van der Waals surface area contributed by atoms with Crippen LogP contribution in [0.4, 0.5) is 5.69 Å². The van der Waals surface area contributed by atoms with Gasteiger partial charge in [-0.25, -0.2) is 0 Å². The highest BCUT2D eigenvalue weighted by Gasteiger charge is 2.25. The SMILES string of the molecule is CNC(=O)c1c(O)c(=O)ccn1NC1CCN(C)c2ccccc21. The van der Waals surface area contributed by atoms with Crippen LogP contribution in [0.1, 0.15) is 28.5 Å². The number of hydrogen-bond donors (Lipinski definition) is 3. The average Bonchev–Trinajstić information content (AvgIpc) is 2.60. The van der Waals surface area contributed by atoms with E-state index >= 15 is 0 Å². The van der Waals surface area contributed by atoms with Crippen LogP contribution in [0.5, 0.6) is 5.75 Å². The van der Waals surface area contributed by atoms with Crippen molar-refractivity contribution in [3.8, 4) is 5.75 Å². The van der Waals surface area contributed by atoms with E-state index in [1.807, 2.05) is 31.3 Å². The number of rotatable bonds is 3. The Hall–Kier alpha value is -2.96. The maximum absolute atomic E-state index is 12.1. The molecule has 24 heavy (non-hydrogen) atoms. The number of benzene rings is 1. The largest absolute Gasteiger partial charge is 0.502 e. The minimum absolute atomic E-state index is 0.0392. The molecule has 3 rings (SSSR count). The number of fused-ring (bicyclic) bond motifs is 1. The normalized spacial score (nSPS) is 16.4. The van der Waals surface area contributed by atoms with E-state index in [-0.39, 0.29) is 11.7 Å². The number of carbonyl (C=O) groups excluding carboxylic acids is 1. The summed E-state index contributed by atoms with van der Waals surface area (Å²) >= 11 is 0. The van der Waals surface area contributed by atoms with Crippen molar-refractivity contribution in [2.24, 2.45) is 0 Å². The van der Waals surface area contributed by atoms with E-state index < -0.39 is 17.1 Å². The van der Waals surface area contributed by atoms with Gasteiger partial charge in [0.05, 0.1) is 6.04 Å². The Balaban J connectivity index is 2.01. The first-order chi connectivity index (χ1) is 11.5. The van der Waals surface area contributed by atoms with E-state index in [0.717, 1.165) is 24.2 Å². The van der Waals surface area contributed by atoms with Crippen LogP contribution in [0, 0.1) is 0 Å². The predicted molar refractivity (Wildman–Crippen MR) is 92.2 cm³/mol. The lowest BCUT2D eigenvalue weighted by Crippen LogP contribution is -2.36. The summed E-state index contributed by atoms with van der Waals surface area (Å²) in [6.45, 7) is 0.857. The molecule has 2 heterocycles. The molecule has 126 valence electrons. The van der Waals surface area contributed by atoms with Crippen molar-refractivity contribution in [1.82, 2.24) is 9.99 Å². The van der Waals surface area contributed by atoms with Crippen LogP contribution in [0.15, 0.2) is 41.3 Å². The lowest BCUT2D eigenvalue weighted by molar-refractivity contribution is 0.0950. The molecule has 1 aliphatic heterocycles. The molecule has 0 saturated heterocycles. The second-order valence-corrected chi connectivity index (χ2v) is 5.78. The van der Waals surface area contributed by atoms with Crippen molar-refractivity contribution in [2.75, 3.05) is 31.0 Å². The van der Waals surface area contributed by atoms with Crippen LogP contribution in [0.3, 0.4) is 0 Å². The van der Waals surface area contributed by atoms with Gasteiger partial charge in [-0.3, -0.25) is 14.3 Å². The quantitative estimate of drug-likeness (QED) is 0.784. The van der Waals surface area contributed by atoms with Crippen molar-refractivity contribution in [2.45, 2.75) is 12.5 Å². The number of nitrogens with one attached hydrogen (secondary N) is 2. The fourth-order valence-corrected chi connectivity index (χ4v) is 3.00. The average molecular weight is 328 g/mol. The van der Waals surface area contributed by atoms with Gasteiger partial charge in [-0.05, 0) is 18.1 Å². The maximum atomic E-state index is 12.1. The third kappa shape index (κ3) is 2.68. The topological polar surface area (TPSA) is 86.6 Å². The van der Waals surface area contributed by atoms with Gasteiger partial charge in [0.2, 0.25) is 5.43 Å². The molecular weight excluding hydrogens is 308 g/mol. The number of amides is 1. The molecule has 7 heteroatoms. The van der Waals surface area contributed by atoms with Gasteiger partial charge in [-0.2, -0.15) is 0 Å². The number of para-hydroxylation sites is 1. The molecule has 2 aromatic rings. The van der Waals surface area contributed by atoms with Gasteiger partial charge in [-0.1, -0.05) is 18.2 Å². The Morgan fingerprint density at radius 1 is 1.29 bits per heavy atom. The zero-order chi connectivity index (χ0) is 17.3. The highest BCUT2D eigenvalue weighted by molar-refractivity contribution is 5.95. The molecule has 1 aromatic carbocycles. The Morgan fingerprint density at radius 3 is 2.79 bits per heavy atom. The summed E-state index contributed by atoms with van der Waals surface area (Å²) in [6, 6.07) is 9.22. The van der Waals surface area contributed by atoms with Crippen LogP contribution in [-0.2, 0) is 0 Å². The molecule has 1 atom stereocenters. The fourth-order valence-electron chi connectivity index (χ4n) is 3.00. The second kappa shape index (κ2) is 6.27. The third-order valence-corrected chi connectivity index (χ3v) is 4.29. The number of nitrogens with zero attached hydrogens (tertiary/aromatic N) is 2. The Kier molecular flexibility index (Phi) is 4.16. The molecule has 3 N–H and O–H groups in total. The highest BCUT2D eigenvalue weighted by Crippen LogP contribution is 2.33. The lowest BCUT2D eigenvalue weighted by atomic mass is 9.97. The van der Waals surface area contributed by atoms with Gasteiger partial charge in [0.1, 0.15) is 0 Å². The molecule has 0 spiro atoms. The Morgan fingerprint density at radius 2 is 2.04 bits per heavy atom. The van der Waals surface area contributed by atoms with Crippen LogP contribution < -0.4 is 21.1 Å². The first kappa shape index (κ1) is 15.9. The standard InChI is InChI=1S/C17H20N4O3/c1-18-17(24)15-16(23)14(22)8-10-21(15)19-12-7-9-20(2)13-6-4-3-5-11(12)13/h3-6,8,10,12,19,23H,7,9H2,1-2H3,(H,18,24). The second-order valence-electron chi connectivity index (χ2n) is 5.78. The molecule has 1 aromatic heterocycles. The molecule has 0 radical (unpaired) electrons. The smallest absolute Gasteiger partial charge is 0.273 e. The minimum atomic E-state index is -0.588. The number of hydrogen-bond acceptors (Lipinski definition) is 5. The summed E-state index contributed by atoms with van der Waals surface area (Å²) in [5.74, 6) is -1.09. The molecule has 0 bridgehead atoms. The summed E-state index contributed by atoms with van der Waals surface area (Å²) in [6.07, 6.45) is 2.29. The number of pyridine rings is 1. The van der Waals surface area contributed by atoms with E-state index in [1.54, 1.807) is 0 Å². The molecular formula is C17H20N4O3. The van der Waals surface area contributed by atoms with Crippen LogP contribution >= 0.6 is 0 Å². The summed E-state index contributed by atoms with van der Waals surface area (Å²) in [7, 11) is 3.49. The molecule has 1 aliphatic rings. The van der Waals surface area contributed by atoms with E-state index in [1.165, 1.54) is 24.0 Å². The number of carbonyl (C=O) groups is 1. The molecule has 0 aliphatic carbocycles. The molecule has 1 unspecified atom stereocenters. The fraction of sp³-hybridized carbons (Fsp3) is 0.294. The Bertz CT molecular complexity index is 831. The molecule has 0 saturated carbocycles. The van der Waals surface area contributed by atoms with E-state index in [9.17, 15) is 14.7 Å². The van der Waals surface area contributed by atoms with E-state index in [2.05, 4.69) is 15.6 Å². The Labute approximate surface area is 139 Å². The van der Waals surface area contributed by atoms with Crippen LogP contribution in [0.2, 0.25) is 0 Å². The summed E-state index contributed by atoms with van der Waals surface area (Å²) in [5.41, 5.74) is 4.78. The molecule has 0 fully saturated rings. The van der Waals surface area contributed by atoms with Gasteiger partial charge < -0.3 is 20.7 Å². The van der Waals surface area contributed by atoms with Gasteiger partial charge in [0, 0.05) is 38.6 Å². The summed E-state index contributed by atoms with van der Waals surface area (Å²) in [4.78, 5) is 25.9. The zero-order valence-electron chi connectivity index (χ0n) is 13.6. The number of aromatic hydroxyl groups is 1. The summed E-state index contributed by atoms with van der Waals surface area (Å²) in [5, 5.41) is 12.5. The van der Waals surface area contributed by atoms with Crippen molar-refractivity contribution in [1.29, 1.82) is 0 Å². The number of aromatic nitrogens is 1. The monoisotopic (exact) mass is 328 g/mol. The number of anilines is 1. The van der Waals surface area contributed by atoms with Crippen molar-refractivity contribution in [3.63, 3.8) is 0 Å². The lowest BCUT2D eigenvalue weighted by Gasteiger charge is -2.34. The van der Waals surface area contributed by atoms with Crippen molar-refractivity contribution >= 4 is 11.6 Å². The van der Waals surface area contributed by atoms with Gasteiger partial charge in [-0.15, -0.1) is 0 Å². The van der Waals surface area contributed by atoms with Crippen LogP contribution in [0.25, 0.3) is 0 Å². The van der Waals surface area contributed by atoms with Crippen molar-refractivity contribution < 1.29 is 9.90 Å². The first-order valence-corrected chi connectivity index (χ1v) is 7.76. The first-order valence-electron chi connectivity index (χ1n) is 7.76. The predicted octanol–water partition coefficient (Wildman–Crippen LogP) is 1.04. The van der Waals surface area contributed by atoms with Crippen LogP contribution in [-0.4, -0.2) is 36.3 Å². The van der Waals surface area contributed by atoms with Gasteiger partial charge in [0.25, 0.3) is 5.91 Å².